The number of rotatable bonds is 3. The van der Waals surface area contributed by atoms with Gasteiger partial charge >= 0.3 is 6.18 Å². The van der Waals surface area contributed by atoms with Gasteiger partial charge in [-0.05, 0) is 6.42 Å². The summed E-state index contributed by atoms with van der Waals surface area (Å²) >= 11 is 0. The van der Waals surface area contributed by atoms with Crippen LogP contribution >= 0.6 is 0 Å². The van der Waals surface area contributed by atoms with E-state index in [-0.39, 0.29) is 34.5 Å². The number of nitrogens with one attached hydrogen (secondary N) is 2. The molecule has 2 atom stereocenters. The lowest BCUT2D eigenvalue weighted by Gasteiger charge is -2.14. The number of carbonyl (C=O) groups is 1. The van der Waals surface area contributed by atoms with E-state index in [9.17, 15) is 26.7 Å². The van der Waals surface area contributed by atoms with Crippen molar-refractivity contribution in [1.82, 2.24) is 24.6 Å². The monoisotopic (exact) mass is 422 g/mol. The molecule has 5 rings (SSSR count). The maximum absolute atomic E-state index is 14.3. The van der Waals surface area contributed by atoms with Crippen molar-refractivity contribution in [2.75, 3.05) is 5.32 Å². The molecule has 3 heterocycles. The first kappa shape index (κ1) is 18.5. The minimum Gasteiger partial charge on any atom is -0.309 e. The van der Waals surface area contributed by atoms with E-state index in [0.717, 1.165) is 12.3 Å². The first-order valence-corrected chi connectivity index (χ1v) is 8.75. The number of carbonyl (C=O) groups excluding carboxylic acids is 1. The molecule has 3 aromatic heterocycles. The number of aromatic amines is 1. The maximum atomic E-state index is 14.3. The van der Waals surface area contributed by atoms with Crippen molar-refractivity contribution in [3.63, 3.8) is 0 Å². The van der Waals surface area contributed by atoms with Crippen LogP contribution in [0.25, 0.3) is 27.8 Å². The Hall–Kier alpha value is -3.57. The highest BCUT2D eigenvalue weighted by atomic mass is 19.4. The Morgan fingerprint density at radius 2 is 2.03 bits per heavy atom. The largest absolute Gasteiger partial charge is 0.419 e. The van der Waals surface area contributed by atoms with Crippen molar-refractivity contribution in [1.29, 1.82) is 0 Å². The van der Waals surface area contributed by atoms with Gasteiger partial charge in [0.2, 0.25) is 5.91 Å². The molecular weight excluding hydrogens is 411 g/mol. The van der Waals surface area contributed by atoms with Crippen LogP contribution in [0, 0.1) is 11.7 Å². The molecule has 0 aliphatic heterocycles. The molecule has 0 unspecified atom stereocenters. The minimum atomic E-state index is -4.97. The molecule has 0 spiro atoms. The molecule has 0 saturated heterocycles. The normalized spacial score (nSPS) is 18.8. The van der Waals surface area contributed by atoms with Crippen LogP contribution in [0.1, 0.15) is 12.0 Å². The topological polar surface area (TPSA) is 88.0 Å². The molecule has 30 heavy (non-hydrogen) atoms. The van der Waals surface area contributed by atoms with Crippen LogP contribution in [0.3, 0.4) is 0 Å². The Bertz CT molecular complexity index is 1310. The summed E-state index contributed by atoms with van der Waals surface area (Å²) in [4.78, 5) is 20.0. The van der Waals surface area contributed by atoms with E-state index in [1.165, 1.54) is 23.0 Å². The lowest BCUT2D eigenvalue weighted by molar-refractivity contribution is -0.139. The van der Waals surface area contributed by atoms with E-state index in [4.69, 9.17) is 0 Å². The Labute approximate surface area is 163 Å². The molecule has 0 bridgehead atoms. The maximum Gasteiger partial charge on any atom is 0.419 e. The van der Waals surface area contributed by atoms with Crippen LogP contribution in [0.4, 0.5) is 27.8 Å². The van der Waals surface area contributed by atoms with E-state index in [2.05, 4.69) is 25.5 Å². The third kappa shape index (κ3) is 2.95. The minimum absolute atomic E-state index is 0.0481. The molecule has 2 N–H and O–H groups in total. The number of anilines is 1. The Morgan fingerprint density at radius 1 is 1.27 bits per heavy atom. The smallest absolute Gasteiger partial charge is 0.309 e. The number of fused-ring (bicyclic) bond motifs is 2. The standard InChI is InChI=1S/C18H11F5N6O/c19-9-1-7(9)17(30)27-13-6-29-5-12(24-4-14(29)26-13)15-8-3-25-28-11(8)2-10(20)16(15)18(21,22)23/h2-7,9H,1H2,(H,25,28)(H,27,30)/t7-,9+/m1/s1. The number of alkyl halides is 4. The van der Waals surface area contributed by atoms with Gasteiger partial charge < -0.3 is 9.72 Å². The molecule has 1 saturated carbocycles. The van der Waals surface area contributed by atoms with Gasteiger partial charge in [-0.3, -0.25) is 14.9 Å². The number of halogens is 5. The predicted octanol–water partition coefficient (Wildman–Crippen LogP) is 3.73. The van der Waals surface area contributed by atoms with Gasteiger partial charge in [-0.15, -0.1) is 0 Å². The molecule has 4 aromatic rings. The Balaban J connectivity index is 1.62. The Kier molecular flexibility index (Phi) is 3.82. The van der Waals surface area contributed by atoms with Gasteiger partial charge in [-0.25, -0.2) is 13.8 Å². The average molecular weight is 422 g/mol. The summed E-state index contributed by atoms with van der Waals surface area (Å²) in [5.41, 5.74) is -1.77. The van der Waals surface area contributed by atoms with Crippen molar-refractivity contribution in [3.8, 4) is 11.3 Å². The van der Waals surface area contributed by atoms with Crippen LogP contribution in [-0.2, 0) is 11.0 Å². The third-order valence-electron chi connectivity index (χ3n) is 4.88. The first-order chi connectivity index (χ1) is 14.2. The second kappa shape index (κ2) is 6.21. The number of imidazole rings is 1. The second-order valence-electron chi connectivity index (χ2n) is 6.95. The molecule has 0 radical (unpaired) electrons. The van der Waals surface area contributed by atoms with E-state index in [1.807, 2.05) is 0 Å². The van der Waals surface area contributed by atoms with Crippen molar-refractivity contribution >= 4 is 28.3 Å². The van der Waals surface area contributed by atoms with Crippen molar-refractivity contribution in [2.45, 2.75) is 18.8 Å². The van der Waals surface area contributed by atoms with Crippen LogP contribution in [0.15, 0.2) is 30.9 Å². The molecule has 1 fully saturated rings. The molecule has 1 amide bonds. The zero-order chi connectivity index (χ0) is 21.2. The van der Waals surface area contributed by atoms with Crippen molar-refractivity contribution in [3.05, 3.63) is 42.2 Å². The molecule has 1 aromatic carbocycles. The number of aromatic nitrogens is 5. The molecule has 12 heteroatoms. The predicted molar refractivity (Wildman–Crippen MR) is 94.7 cm³/mol. The van der Waals surface area contributed by atoms with Gasteiger partial charge in [0, 0.05) is 23.2 Å². The number of hydrogen-bond donors (Lipinski definition) is 2. The summed E-state index contributed by atoms with van der Waals surface area (Å²) in [6.07, 6.45) is -1.06. The summed E-state index contributed by atoms with van der Waals surface area (Å²) in [5, 5.41) is 8.65. The highest BCUT2D eigenvalue weighted by molar-refractivity contribution is 5.96. The summed E-state index contributed by atoms with van der Waals surface area (Å²) < 4.78 is 69.5. The van der Waals surface area contributed by atoms with Crippen LogP contribution in [0.2, 0.25) is 0 Å². The lowest BCUT2D eigenvalue weighted by atomic mass is 9.99. The molecule has 1 aliphatic carbocycles. The highest BCUT2D eigenvalue weighted by Crippen LogP contribution is 2.42. The van der Waals surface area contributed by atoms with Gasteiger partial charge in [0.1, 0.15) is 17.6 Å². The zero-order valence-corrected chi connectivity index (χ0v) is 14.8. The molecule has 154 valence electrons. The van der Waals surface area contributed by atoms with Crippen LogP contribution in [-0.4, -0.2) is 36.6 Å². The second-order valence-corrected chi connectivity index (χ2v) is 6.95. The summed E-state index contributed by atoms with van der Waals surface area (Å²) in [7, 11) is 0. The van der Waals surface area contributed by atoms with Gasteiger partial charge in [-0.2, -0.15) is 18.3 Å². The average Bonchev–Trinajstić information content (AvgIpc) is 3.05. The summed E-state index contributed by atoms with van der Waals surface area (Å²) in [5.74, 6) is -2.61. The number of amides is 1. The van der Waals surface area contributed by atoms with Gasteiger partial charge in [0.25, 0.3) is 0 Å². The zero-order valence-electron chi connectivity index (χ0n) is 14.8. The number of H-pyrrole nitrogens is 1. The number of nitrogens with zero attached hydrogens (tertiary/aromatic N) is 4. The van der Waals surface area contributed by atoms with Crippen molar-refractivity contribution in [2.24, 2.45) is 5.92 Å². The van der Waals surface area contributed by atoms with Crippen LogP contribution in [0.5, 0.6) is 0 Å². The highest BCUT2D eigenvalue weighted by Gasteiger charge is 2.44. The fourth-order valence-corrected chi connectivity index (χ4v) is 3.34. The third-order valence-corrected chi connectivity index (χ3v) is 4.88. The Morgan fingerprint density at radius 3 is 2.73 bits per heavy atom. The van der Waals surface area contributed by atoms with E-state index >= 15 is 0 Å². The van der Waals surface area contributed by atoms with E-state index in [1.54, 1.807) is 0 Å². The van der Waals surface area contributed by atoms with Crippen molar-refractivity contribution < 1.29 is 26.7 Å². The van der Waals surface area contributed by atoms with E-state index in [0.29, 0.717) is 0 Å². The SMILES string of the molecule is O=C(Nc1cn2cc(-c3c(C(F)(F)F)c(F)cc4[nH]ncc34)ncc2n1)[C@@H]1C[C@@H]1F. The van der Waals surface area contributed by atoms with Gasteiger partial charge in [0.15, 0.2) is 11.5 Å². The van der Waals surface area contributed by atoms with E-state index < -0.39 is 41.1 Å². The van der Waals surface area contributed by atoms with Crippen LogP contribution < -0.4 is 5.32 Å². The summed E-state index contributed by atoms with van der Waals surface area (Å²) in [6.45, 7) is 0. The molecular formula is C18H11F5N6O. The number of benzene rings is 1. The molecule has 1 aliphatic rings. The fraction of sp³-hybridized carbons (Fsp3) is 0.222. The fourth-order valence-electron chi connectivity index (χ4n) is 3.34. The quantitative estimate of drug-likeness (QED) is 0.493. The summed E-state index contributed by atoms with van der Waals surface area (Å²) in [6, 6.07) is 0.730. The van der Waals surface area contributed by atoms with Gasteiger partial charge in [-0.1, -0.05) is 0 Å². The molecule has 7 nitrogen and oxygen atoms in total. The lowest BCUT2D eigenvalue weighted by Crippen LogP contribution is -2.15. The van der Waals surface area contributed by atoms with Gasteiger partial charge in [0.05, 0.1) is 35.7 Å². The number of hydrogen-bond acceptors (Lipinski definition) is 4. The first-order valence-electron chi connectivity index (χ1n) is 8.75.